The van der Waals surface area contributed by atoms with Gasteiger partial charge in [-0.2, -0.15) is 0 Å². The second kappa shape index (κ2) is 11.0. The quantitative estimate of drug-likeness (QED) is 0.189. The number of furan rings is 1. The van der Waals surface area contributed by atoms with Gasteiger partial charge in [0.05, 0.1) is 23.3 Å². The first-order valence-electron chi connectivity index (χ1n) is 17.7. The predicted octanol–water partition coefficient (Wildman–Crippen LogP) is 11.3. The number of anilines is 2. The van der Waals surface area contributed by atoms with E-state index in [9.17, 15) is 0 Å². The maximum Gasteiger partial charge on any atom is 0.171 e. The normalized spacial score (nSPS) is 17.4. The van der Waals surface area contributed by atoms with Crippen molar-refractivity contribution in [1.82, 2.24) is 14.5 Å². The van der Waals surface area contributed by atoms with E-state index in [1.165, 1.54) is 49.9 Å². The smallest absolute Gasteiger partial charge is 0.171 e. The van der Waals surface area contributed by atoms with E-state index in [1.54, 1.807) is 0 Å². The minimum atomic E-state index is 0.271. The minimum Gasteiger partial charge on any atom is -0.457 e. The lowest BCUT2D eigenvalue weighted by Gasteiger charge is -2.28. The van der Waals surface area contributed by atoms with Crippen LogP contribution in [0.5, 0.6) is 0 Å². The van der Waals surface area contributed by atoms with Crippen LogP contribution in [0.25, 0.3) is 67.2 Å². The molecule has 3 aliphatic rings. The van der Waals surface area contributed by atoms with E-state index in [0.29, 0.717) is 11.7 Å². The number of rotatable bonds is 4. The number of aryl methyl sites for hydroxylation is 1. The number of hydrogen-bond acceptors (Lipinski definition) is 4. The fraction of sp³-hybridized carbons (Fsp3) is 0.0870. The summed E-state index contributed by atoms with van der Waals surface area (Å²) < 4.78 is 8.45. The molecule has 11 rings (SSSR count). The van der Waals surface area contributed by atoms with Crippen molar-refractivity contribution >= 4 is 50.4 Å². The average molecular weight is 657 g/mol. The fourth-order valence-electron chi connectivity index (χ4n) is 8.50. The zero-order valence-corrected chi connectivity index (χ0v) is 27.8. The monoisotopic (exact) mass is 656 g/mol. The lowest BCUT2D eigenvalue weighted by molar-refractivity contribution is 0.545. The van der Waals surface area contributed by atoms with Crippen LogP contribution in [0.2, 0.25) is 0 Å². The Kier molecular flexibility index (Phi) is 6.14. The number of allylic oxidation sites excluding steroid dienone is 3. The maximum absolute atomic E-state index is 6.08. The van der Waals surface area contributed by atoms with Gasteiger partial charge in [0, 0.05) is 51.3 Å². The molecule has 0 spiro atoms. The molecule has 51 heavy (non-hydrogen) atoms. The zero-order chi connectivity index (χ0) is 33.5. The molecule has 2 unspecified atom stereocenters. The Balaban J connectivity index is 1.02. The molecule has 2 atom stereocenters. The highest BCUT2D eigenvalue weighted by Gasteiger charge is 2.37. The first-order valence-corrected chi connectivity index (χ1v) is 17.7. The molecule has 5 nitrogen and oxygen atoms in total. The highest BCUT2D eigenvalue weighted by atomic mass is 16.3. The van der Waals surface area contributed by atoms with Crippen molar-refractivity contribution in [2.75, 3.05) is 4.90 Å². The summed E-state index contributed by atoms with van der Waals surface area (Å²) in [6, 6.07) is 42.2. The van der Waals surface area contributed by atoms with Gasteiger partial charge < -0.3 is 13.9 Å². The van der Waals surface area contributed by atoms with Gasteiger partial charge in [0.1, 0.15) is 11.3 Å². The molecular weight excluding hydrogens is 625 g/mol. The Bertz CT molecular complexity index is 2780. The van der Waals surface area contributed by atoms with Gasteiger partial charge in [0.25, 0.3) is 0 Å². The Morgan fingerprint density at radius 1 is 0.686 bits per heavy atom. The van der Waals surface area contributed by atoms with E-state index in [1.807, 2.05) is 6.20 Å². The molecule has 0 radical (unpaired) electrons. The van der Waals surface area contributed by atoms with Gasteiger partial charge in [-0.05, 0) is 77.7 Å². The summed E-state index contributed by atoms with van der Waals surface area (Å²) in [5, 5.41) is 2.46. The molecule has 8 aromatic rings. The molecule has 0 bridgehead atoms. The number of aromatic nitrogens is 3. The molecule has 0 saturated carbocycles. The van der Waals surface area contributed by atoms with E-state index in [0.717, 1.165) is 46.5 Å². The third kappa shape index (κ3) is 4.34. The van der Waals surface area contributed by atoms with Crippen molar-refractivity contribution < 1.29 is 4.42 Å². The molecule has 2 aliphatic carbocycles. The minimum absolute atomic E-state index is 0.271. The summed E-state index contributed by atoms with van der Waals surface area (Å²) in [6.45, 7) is 0. The van der Waals surface area contributed by atoms with Crippen molar-refractivity contribution in [2.45, 2.75) is 24.8 Å². The third-order valence-corrected chi connectivity index (χ3v) is 10.8. The molecule has 5 heteroatoms. The molecule has 0 amide bonds. The number of hydrogen-bond donors (Lipinski definition) is 0. The van der Waals surface area contributed by atoms with Crippen LogP contribution < -0.4 is 4.90 Å². The van der Waals surface area contributed by atoms with E-state index < -0.39 is 0 Å². The van der Waals surface area contributed by atoms with Crippen LogP contribution in [0.4, 0.5) is 11.4 Å². The molecule has 242 valence electrons. The van der Waals surface area contributed by atoms with E-state index in [-0.39, 0.29) is 6.04 Å². The van der Waals surface area contributed by atoms with Crippen LogP contribution >= 0.6 is 0 Å². The standard InChI is InChI=1S/C46H32N4O/c1-2-12-32(13-3-1)49-39-18-7-4-15-34(39)37-26-29(21-23-41(37)49)30-22-24-42-38(27-30)35-16-5-8-19-40(35)50(42)33-14-10-11-31(25-33)46-47-28-44-45(48-46)36-17-6-9-20-43(36)51-44/h1-8,10-19,21-28,34,39H,9,20H2. The second-order valence-corrected chi connectivity index (χ2v) is 13.7. The van der Waals surface area contributed by atoms with E-state index >= 15 is 0 Å². The van der Waals surface area contributed by atoms with Crippen LogP contribution in [-0.2, 0) is 6.42 Å². The summed E-state index contributed by atoms with van der Waals surface area (Å²) in [4.78, 5) is 12.2. The van der Waals surface area contributed by atoms with Crippen LogP contribution in [0, 0.1) is 0 Å². The molecule has 1 aliphatic heterocycles. The lowest BCUT2D eigenvalue weighted by atomic mass is 9.89. The summed E-state index contributed by atoms with van der Waals surface area (Å²) in [7, 11) is 0. The Morgan fingerprint density at radius 3 is 2.47 bits per heavy atom. The highest BCUT2D eigenvalue weighted by molar-refractivity contribution is 6.10. The van der Waals surface area contributed by atoms with Gasteiger partial charge in [-0.25, -0.2) is 9.97 Å². The highest BCUT2D eigenvalue weighted by Crippen LogP contribution is 2.49. The van der Waals surface area contributed by atoms with Crippen molar-refractivity contribution in [3.05, 3.63) is 169 Å². The Hall–Kier alpha value is -6.46. The summed E-state index contributed by atoms with van der Waals surface area (Å²) in [6.07, 6.45) is 17.1. The van der Waals surface area contributed by atoms with Crippen LogP contribution in [0.15, 0.2) is 156 Å². The summed E-state index contributed by atoms with van der Waals surface area (Å²) in [5.41, 5.74) is 13.4. The first kappa shape index (κ1) is 28.4. The van der Waals surface area contributed by atoms with Gasteiger partial charge in [-0.3, -0.25) is 0 Å². The second-order valence-electron chi connectivity index (χ2n) is 13.7. The molecule has 3 aromatic heterocycles. The third-order valence-electron chi connectivity index (χ3n) is 10.8. The Labute approximate surface area is 295 Å². The number of nitrogens with zero attached hydrogens (tertiary/aromatic N) is 4. The fourth-order valence-corrected chi connectivity index (χ4v) is 8.50. The number of benzene rings is 5. The number of para-hydroxylation sites is 2. The topological polar surface area (TPSA) is 47.1 Å². The van der Waals surface area contributed by atoms with Crippen LogP contribution in [-0.4, -0.2) is 20.6 Å². The van der Waals surface area contributed by atoms with Gasteiger partial charge in [0.15, 0.2) is 11.4 Å². The molecule has 5 aromatic carbocycles. The van der Waals surface area contributed by atoms with Crippen molar-refractivity contribution in [2.24, 2.45) is 0 Å². The molecule has 0 saturated heterocycles. The Morgan fingerprint density at radius 2 is 1.51 bits per heavy atom. The van der Waals surface area contributed by atoms with Gasteiger partial charge in [0.2, 0.25) is 0 Å². The maximum atomic E-state index is 6.08. The van der Waals surface area contributed by atoms with Crippen molar-refractivity contribution in [3.63, 3.8) is 0 Å². The molecule has 4 heterocycles. The van der Waals surface area contributed by atoms with Gasteiger partial charge in [-0.1, -0.05) is 97.1 Å². The van der Waals surface area contributed by atoms with Crippen LogP contribution in [0.1, 0.15) is 29.2 Å². The largest absolute Gasteiger partial charge is 0.457 e. The summed E-state index contributed by atoms with van der Waals surface area (Å²) >= 11 is 0. The molecular formula is C46H32N4O. The van der Waals surface area contributed by atoms with Gasteiger partial charge >= 0.3 is 0 Å². The lowest BCUT2D eigenvalue weighted by Crippen LogP contribution is -2.28. The average Bonchev–Trinajstić information content (AvgIpc) is 3.85. The van der Waals surface area contributed by atoms with Crippen molar-refractivity contribution in [1.29, 1.82) is 0 Å². The van der Waals surface area contributed by atoms with Crippen LogP contribution in [0.3, 0.4) is 0 Å². The summed E-state index contributed by atoms with van der Waals surface area (Å²) in [5.74, 6) is 2.00. The molecule has 0 N–H and O–H groups in total. The van der Waals surface area contributed by atoms with E-state index in [4.69, 9.17) is 14.4 Å². The SMILES string of the molecule is C1=CC2c3cc(-c4ccc5c(c4)c4ccccc4n5-c4cccc(-c5ncc6oc7c(c6n5)C=CCC7)c4)ccc3N(c3ccccc3)C2C=C1. The predicted molar refractivity (Wildman–Crippen MR) is 208 cm³/mol. The van der Waals surface area contributed by atoms with E-state index in [2.05, 4.69) is 161 Å². The molecule has 0 fully saturated rings. The first-order chi connectivity index (χ1) is 25.3. The zero-order valence-electron chi connectivity index (χ0n) is 27.8. The number of fused-ring (bicyclic) bond motifs is 9. The van der Waals surface area contributed by atoms with Crippen molar-refractivity contribution in [3.8, 4) is 28.2 Å². The van der Waals surface area contributed by atoms with Gasteiger partial charge in [-0.15, -0.1) is 0 Å².